The van der Waals surface area contributed by atoms with Crippen LogP contribution < -0.4 is 0 Å². The summed E-state index contributed by atoms with van der Waals surface area (Å²) in [5, 5.41) is 0. The van der Waals surface area contributed by atoms with E-state index in [4.69, 9.17) is 21.1 Å². The Bertz CT molecular complexity index is 152. The molecule has 0 aromatic rings. The minimum Gasteiger partial charge on any atom is -0.470 e. The van der Waals surface area contributed by atoms with Crippen LogP contribution in [0.15, 0.2) is 11.8 Å². The molecule has 0 radical (unpaired) electrons. The molecule has 1 rings (SSSR count). The Morgan fingerprint density at radius 1 is 1.70 bits per heavy atom. The first-order chi connectivity index (χ1) is 4.64. The zero-order valence-electron chi connectivity index (χ0n) is 6.19. The van der Waals surface area contributed by atoms with Gasteiger partial charge in [0.2, 0.25) is 5.79 Å². The van der Waals surface area contributed by atoms with Crippen molar-refractivity contribution < 1.29 is 9.47 Å². The third-order valence-corrected chi connectivity index (χ3v) is 1.63. The van der Waals surface area contributed by atoms with Gasteiger partial charge in [0.05, 0.1) is 12.9 Å². The first kappa shape index (κ1) is 7.89. The van der Waals surface area contributed by atoms with Gasteiger partial charge < -0.3 is 9.47 Å². The highest BCUT2D eigenvalue weighted by Gasteiger charge is 2.22. The molecule has 0 unspecified atom stereocenters. The van der Waals surface area contributed by atoms with Crippen LogP contribution in [0.5, 0.6) is 0 Å². The third kappa shape index (κ3) is 1.89. The molecule has 0 atom stereocenters. The molecular formula is C7H11ClO2. The fourth-order valence-corrected chi connectivity index (χ4v) is 0.770. The Morgan fingerprint density at radius 3 is 2.80 bits per heavy atom. The highest BCUT2D eigenvalue weighted by molar-refractivity contribution is 6.19. The molecule has 0 aromatic carbocycles. The number of rotatable bonds is 1. The van der Waals surface area contributed by atoms with Gasteiger partial charge in [0, 0.05) is 25.3 Å². The number of ether oxygens (including phenoxy) is 2. The van der Waals surface area contributed by atoms with Crippen LogP contribution in [0.2, 0.25) is 0 Å². The lowest BCUT2D eigenvalue weighted by Crippen LogP contribution is -2.31. The van der Waals surface area contributed by atoms with Gasteiger partial charge in [-0.2, -0.15) is 0 Å². The van der Waals surface area contributed by atoms with Crippen LogP contribution in [0.25, 0.3) is 0 Å². The van der Waals surface area contributed by atoms with Crippen LogP contribution >= 0.6 is 11.6 Å². The molecule has 0 spiro atoms. The maximum Gasteiger partial charge on any atom is 0.204 e. The van der Waals surface area contributed by atoms with Crippen LogP contribution in [-0.4, -0.2) is 18.3 Å². The predicted octanol–water partition coefficient (Wildman–Crippen LogP) is 1.89. The summed E-state index contributed by atoms with van der Waals surface area (Å²) in [4.78, 5) is 0. The summed E-state index contributed by atoms with van der Waals surface area (Å²) in [7, 11) is 0. The van der Waals surface area contributed by atoms with Crippen LogP contribution in [0.1, 0.15) is 13.8 Å². The van der Waals surface area contributed by atoms with Crippen LogP contribution in [0.3, 0.4) is 0 Å². The van der Waals surface area contributed by atoms with E-state index in [0.29, 0.717) is 12.5 Å². The monoisotopic (exact) mass is 162 g/mol. The fourth-order valence-electron chi connectivity index (χ4n) is 0.630. The molecule has 58 valence electrons. The van der Waals surface area contributed by atoms with Gasteiger partial charge in [-0.15, -0.1) is 11.6 Å². The zero-order valence-corrected chi connectivity index (χ0v) is 6.94. The standard InChI is InChI=1S/C7H11ClO2/c1-7(2)9-4-6(3-8)5-10-7/h4H,3,5H2,1-2H3. The first-order valence-corrected chi connectivity index (χ1v) is 3.73. The first-order valence-electron chi connectivity index (χ1n) is 3.20. The number of hydrogen-bond donors (Lipinski definition) is 0. The Morgan fingerprint density at radius 2 is 2.40 bits per heavy atom. The van der Waals surface area contributed by atoms with Crippen LogP contribution in [0, 0.1) is 0 Å². The summed E-state index contributed by atoms with van der Waals surface area (Å²) in [6.45, 7) is 4.32. The molecule has 1 aliphatic rings. The maximum atomic E-state index is 5.55. The molecule has 2 nitrogen and oxygen atoms in total. The van der Waals surface area contributed by atoms with E-state index < -0.39 is 5.79 Å². The second-order valence-corrected chi connectivity index (χ2v) is 2.98. The summed E-state index contributed by atoms with van der Waals surface area (Å²) in [6, 6.07) is 0. The summed E-state index contributed by atoms with van der Waals surface area (Å²) in [6.07, 6.45) is 1.68. The van der Waals surface area contributed by atoms with E-state index in [9.17, 15) is 0 Å². The minimum atomic E-state index is -0.477. The van der Waals surface area contributed by atoms with Gasteiger partial charge in [-0.05, 0) is 0 Å². The highest BCUT2D eigenvalue weighted by atomic mass is 35.5. The Hall–Kier alpha value is -0.210. The summed E-state index contributed by atoms with van der Waals surface area (Å²) in [5.41, 5.74) is 0.987. The van der Waals surface area contributed by atoms with E-state index in [1.165, 1.54) is 0 Å². The quantitative estimate of drug-likeness (QED) is 0.549. The fraction of sp³-hybridized carbons (Fsp3) is 0.714. The van der Waals surface area contributed by atoms with Gasteiger partial charge in [0.1, 0.15) is 0 Å². The second-order valence-electron chi connectivity index (χ2n) is 2.72. The number of hydrogen-bond acceptors (Lipinski definition) is 2. The van der Waals surface area contributed by atoms with Gasteiger partial charge in [0.25, 0.3) is 0 Å². The van der Waals surface area contributed by atoms with Crippen molar-refractivity contribution in [1.29, 1.82) is 0 Å². The third-order valence-electron chi connectivity index (χ3n) is 1.29. The molecule has 1 aliphatic heterocycles. The SMILES string of the molecule is CC1(C)OC=C(CCl)CO1. The van der Waals surface area contributed by atoms with Gasteiger partial charge in [0.15, 0.2) is 0 Å². The molecule has 10 heavy (non-hydrogen) atoms. The van der Waals surface area contributed by atoms with E-state index >= 15 is 0 Å². The smallest absolute Gasteiger partial charge is 0.204 e. The molecule has 3 heteroatoms. The number of alkyl halides is 1. The van der Waals surface area contributed by atoms with Gasteiger partial charge >= 0.3 is 0 Å². The Labute approximate surface area is 65.8 Å². The molecule has 0 bridgehead atoms. The van der Waals surface area contributed by atoms with Crippen molar-refractivity contribution in [3.8, 4) is 0 Å². The lowest BCUT2D eigenvalue weighted by molar-refractivity contribution is -0.188. The molecular weight excluding hydrogens is 152 g/mol. The lowest BCUT2D eigenvalue weighted by Gasteiger charge is -2.29. The van der Waals surface area contributed by atoms with E-state index in [0.717, 1.165) is 5.57 Å². The molecule has 0 aliphatic carbocycles. The summed E-state index contributed by atoms with van der Waals surface area (Å²) < 4.78 is 10.5. The maximum absolute atomic E-state index is 5.55. The van der Waals surface area contributed by atoms with Gasteiger partial charge in [-0.25, -0.2) is 0 Å². The minimum absolute atomic E-state index is 0.477. The Balaban J connectivity index is 2.52. The molecule has 0 saturated heterocycles. The van der Waals surface area contributed by atoms with Crippen molar-refractivity contribution in [2.24, 2.45) is 0 Å². The van der Waals surface area contributed by atoms with Crippen molar-refractivity contribution >= 4 is 11.6 Å². The van der Waals surface area contributed by atoms with Crippen molar-refractivity contribution in [1.82, 2.24) is 0 Å². The molecule has 0 fully saturated rings. The molecule has 1 heterocycles. The van der Waals surface area contributed by atoms with E-state index in [1.54, 1.807) is 6.26 Å². The normalized spacial score (nSPS) is 23.3. The van der Waals surface area contributed by atoms with Crippen LogP contribution in [-0.2, 0) is 9.47 Å². The average Bonchev–Trinajstić information content (AvgIpc) is 1.88. The molecule has 0 N–H and O–H groups in total. The topological polar surface area (TPSA) is 18.5 Å². The van der Waals surface area contributed by atoms with Crippen molar-refractivity contribution in [2.75, 3.05) is 12.5 Å². The summed E-state index contributed by atoms with van der Waals surface area (Å²) in [5.74, 6) is 0.00559. The van der Waals surface area contributed by atoms with Gasteiger partial charge in [-0.1, -0.05) is 0 Å². The molecule has 0 aromatic heterocycles. The van der Waals surface area contributed by atoms with E-state index in [2.05, 4.69) is 0 Å². The van der Waals surface area contributed by atoms with Gasteiger partial charge in [-0.3, -0.25) is 0 Å². The van der Waals surface area contributed by atoms with Crippen molar-refractivity contribution in [3.63, 3.8) is 0 Å². The van der Waals surface area contributed by atoms with E-state index in [-0.39, 0.29) is 0 Å². The lowest BCUT2D eigenvalue weighted by atomic mass is 10.3. The predicted molar refractivity (Wildman–Crippen MR) is 39.9 cm³/mol. The number of halogens is 1. The van der Waals surface area contributed by atoms with Crippen molar-refractivity contribution in [2.45, 2.75) is 19.6 Å². The second kappa shape index (κ2) is 2.81. The largest absolute Gasteiger partial charge is 0.470 e. The Kier molecular flexibility index (Phi) is 2.21. The molecule has 0 saturated carbocycles. The summed E-state index contributed by atoms with van der Waals surface area (Å²) >= 11 is 5.55. The van der Waals surface area contributed by atoms with Crippen molar-refractivity contribution in [3.05, 3.63) is 11.8 Å². The molecule has 0 amide bonds. The average molecular weight is 163 g/mol. The highest BCUT2D eigenvalue weighted by Crippen LogP contribution is 2.19. The van der Waals surface area contributed by atoms with E-state index in [1.807, 2.05) is 13.8 Å². The zero-order chi connectivity index (χ0) is 7.61. The van der Waals surface area contributed by atoms with Crippen LogP contribution in [0.4, 0.5) is 0 Å².